The second-order valence-corrected chi connectivity index (χ2v) is 3.84. The summed E-state index contributed by atoms with van der Waals surface area (Å²) in [5.41, 5.74) is 0.755. The van der Waals surface area contributed by atoms with Crippen LogP contribution in [0.15, 0.2) is 24.5 Å². The number of nitrogens with zero attached hydrogens (tertiary/aromatic N) is 2. The average molecular weight is 232 g/mol. The van der Waals surface area contributed by atoms with Gasteiger partial charge in [-0.05, 0) is 30.4 Å². The molecule has 0 aliphatic heterocycles. The molecule has 0 aliphatic carbocycles. The molecule has 0 fully saturated rings. The van der Waals surface area contributed by atoms with Crippen LogP contribution in [0.25, 0.3) is 0 Å². The number of pyridine rings is 1. The summed E-state index contributed by atoms with van der Waals surface area (Å²) >= 11 is 0. The number of carbonyl (C=O) groups excluding carboxylic acids is 1. The van der Waals surface area contributed by atoms with E-state index >= 15 is 0 Å². The molecule has 90 valence electrons. The maximum Gasteiger partial charge on any atom is 0.213 e. The molecule has 1 aromatic rings. The van der Waals surface area contributed by atoms with Crippen LogP contribution in [0.1, 0.15) is 25.0 Å². The summed E-state index contributed by atoms with van der Waals surface area (Å²) in [7, 11) is 5.33. The van der Waals surface area contributed by atoms with Crippen LogP contribution >= 0.6 is 0 Å². The van der Waals surface area contributed by atoms with Crippen molar-refractivity contribution in [1.82, 2.24) is 9.88 Å². The second kappa shape index (κ2) is 7.07. The van der Waals surface area contributed by atoms with Crippen LogP contribution in [0.3, 0.4) is 0 Å². The predicted molar refractivity (Wildman–Crippen MR) is 66.6 cm³/mol. The lowest BCUT2D eigenvalue weighted by Crippen LogP contribution is -2.35. The summed E-state index contributed by atoms with van der Waals surface area (Å²) in [6, 6.07) is 3.48. The molecule has 1 unspecified atom stereocenters. The maximum atomic E-state index is 11.5. The normalized spacial score (nSPS) is 12.1. The zero-order valence-corrected chi connectivity index (χ0v) is 10.0. The van der Waals surface area contributed by atoms with Crippen LogP contribution in [0.2, 0.25) is 6.32 Å². The van der Waals surface area contributed by atoms with Gasteiger partial charge >= 0.3 is 0 Å². The van der Waals surface area contributed by atoms with Gasteiger partial charge in [0, 0.05) is 18.9 Å². The molecule has 0 spiro atoms. The first-order valence-corrected chi connectivity index (χ1v) is 5.74. The van der Waals surface area contributed by atoms with Gasteiger partial charge in [-0.15, -0.1) is 0 Å². The van der Waals surface area contributed by atoms with Gasteiger partial charge < -0.3 is 10.0 Å². The van der Waals surface area contributed by atoms with E-state index in [1.807, 2.05) is 6.92 Å². The molecule has 0 saturated carbocycles. The SMILES string of the molecule is [B]CC(=O)N(CCC)CC(O)c1ccncc1. The molecule has 5 heteroatoms. The largest absolute Gasteiger partial charge is 0.387 e. The average Bonchev–Trinajstić information content (AvgIpc) is 2.38. The maximum absolute atomic E-state index is 11.5. The van der Waals surface area contributed by atoms with E-state index in [2.05, 4.69) is 4.98 Å². The van der Waals surface area contributed by atoms with Gasteiger partial charge in [-0.1, -0.05) is 6.92 Å². The van der Waals surface area contributed by atoms with Crippen molar-refractivity contribution in [3.63, 3.8) is 0 Å². The fraction of sp³-hybridized carbons (Fsp3) is 0.500. The highest BCUT2D eigenvalue weighted by atomic mass is 16.3. The minimum absolute atomic E-state index is 0.0247. The van der Waals surface area contributed by atoms with Crippen molar-refractivity contribution < 1.29 is 9.90 Å². The summed E-state index contributed by atoms with van der Waals surface area (Å²) in [6.45, 7) is 2.86. The molecule has 0 aromatic carbocycles. The summed E-state index contributed by atoms with van der Waals surface area (Å²) in [4.78, 5) is 17.0. The number of aliphatic hydroxyl groups excluding tert-OH is 1. The van der Waals surface area contributed by atoms with Crippen LogP contribution in [-0.2, 0) is 4.79 Å². The molecule has 1 rings (SSSR count). The lowest BCUT2D eigenvalue weighted by atomic mass is 10.0. The van der Waals surface area contributed by atoms with Gasteiger partial charge in [0.2, 0.25) is 5.91 Å². The molecule has 2 radical (unpaired) electrons. The first-order valence-electron chi connectivity index (χ1n) is 5.74. The van der Waals surface area contributed by atoms with Crippen molar-refractivity contribution in [1.29, 1.82) is 0 Å². The van der Waals surface area contributed by atoms with E-state index in [-0.39, 0.29) is 18.8 Å². The van der Waals surface area contributed by atoms with Gasteiger partial charge in [-0.3, -0.25) is 9.78 Å². The Kier molecular flexibility index (Phi) is 5.70. The summed E-state index contributed by atoms with van der Waals surface area (Å²) in [5.74, 6) is -0.139. The Morgan fingerprint density at radius 1 is 1.53 bits per heavy atom. The Labute approximate surface area is 103 Å². The molecule has 1 heterocycles. The van der Waals surface area contributed by atoms with E-state index in [1.165, 1.54) is 0 Å². The van der Waals surface area contributed by atoms with E-state index in [9.17, 15) is 9.90 Å². The van der Waals surface area contributed by atoms with Crippen molar-refractivity contribution in [2.45, 2.75) is 25.8 Å². The Morgan fingerprint density at radius 3 is 2.71 bits per heavy atom. The second-order valence-electron chi connectivity index (χ2n) is 3.84. The molecule has 1 amide bonds. The van der Waals surface area contributed by atoms with Gasteiger partial charge in [0.25, 0.3) is 0 Å². The van der Waals surface area contributed by atoms with E-state index in [4.69, 9.17) is 7.85 Å². The minimum atomic E-state index is -0.694. The zero-order valence-electron chi connectivity index (χ0n) is 10.0. The third-order valence-electron chi connectivity index (χ3n) is 2.51. The third kappa shape index (κ3) is 4.19. The van der Waals surface area contributed by atoms with Crippen molar-refractivity contribution in [3.05, 3.63) is 30.1 Å². The van der Waals surface area contributed by atoms with E-state index < -0.39 is 6.10 Å². The highest BCUT2D eigenvalue weighted by Gasteiger charge is 2.16. The molecular weight excluding hydrogens is 215 g/mol. The van der Waals surface area contributed by atoms with E-state index in [0.717, 1.165) is 12.0 Å². The number of aromatic nitrogens is 1. The zero-order chi connectivity index (χ0) is 12.7. The fourth-order valence-corrected chi connectivity index (χ4v) is 1.62. The smallest absolute Gasteiger partial charge is 0.213 e. The molecule has 1 aromatic heterocycles. The standard InChI is InChI=1S/C12H17BN2O2/c1-2-7-15(12(17)8-13)9-11(16)10-3-5-14-6-4-10/h3-6,11,16H,2,7-9H2,1H3. The quantitative estimate of drug-likeness (QED) is 0.742. The number of rotatable bonds is 6. The lowest BCUT2D eigenvalue weighted by molar-refractivity contribution is -0.130. The molecule has 1 N–H and O–H groups in total. The fourth-order valence-electron chi connectivity index (χ4n) is 1.62. The molecule has 1 atom stereocenters. The Hall–Kier alpha value is -1.36. The molecule has 17 heavy (non-hydrogen) atoms. The monoisotopic (exact) mass is 232 g/mol. The number of aliphatic hydroxyl groups is 1. The van der Waals surface area contributed by atoms with Gasteiger partial charge in [0.05, 0.1) is 20.5 Å². The summed E-state index contributed by atoms with van der Waals surface area (Å²) in [5, 5.41) is 10.00. The highest BCUT2D eigenvalue weighted by molar-refractivity contribution is 6.19. The van der Waals surface area contributed by atoms with Gasteiger partial charge in [0.15, 0.2) is 0 Å². The number of amides is 1. The van der Waals surface area contributed by atoms with Crippen molar-refractivity contribution in [2.75, 3.05) is 13.1 Å². The summed E-state index contributed by atoms with van der Waals surface area (Å²) in [6.07, 6.45) is 3.36. The van der Waals surface area contributed by atoms with Crippen LogP contribution in [0.5, 0.6) is 0 Å². The topological polar surface area (TPSA) is 53.4 Å². The van der Waals surface area contributed by atoms with Crippen molar-refractivity contribution in [3.8, 4) is 0 Å². The van der Waals surface area contributed by atoms with Gasteiger partial charge in [0.1, 0.15) is 0 Å². The first kappa shape index (κ1) is 13.7. The van der Waals surface area contributed by atoms with Crippen LogP contribution in [0, 0.1) is 0 Å². The van der Waals surface area contributed by atoms with Crippen LogP contribution < -0.4 is 0 Å². The van der Waals surface area contributed by atoms with Crippen LogP contribution in [-0.4, -0.2) is 41.8 Å². The minimum Gasteiger partial charge on any atom is -0.387 e. The Bertz CT molecular complexity index is 346. The lowest BCUT2D eigenvalue weighted by Gasteiger charge is -2.24. The summed E-state index contributed by atoms with van der Waals surface area (Å²) < 4.78 is 0. The third-order valence-corrected chi connectivity index (χ3v) is 2.51. The van der Waals surface area contributed by atoms with Gasteiger partial charge in [-0.25, -0.2) is 0 Å². The number of hydrogen-bond acceptors (Lipinski definition) is 3. The highest BCUT2D eigenvalue weighted by Crippen LogP contribution is 2.13. The molecule has 0 saturated heterocycles. The Morgan fingerprint density at radius 2 is 2.18 bits per heavy atom. The molecule has 0 aliphatic rings. The number of carbonyl (C=O) groups is 1. The van der Waals surface area contributed by atoms with Crippen molar-refractivity contribution >= 4 is 13.8 Å². The first-order chi connectivity index (χ1) is 8.19. The van der Waals surface area contributed by atoms with E-state index in [1.54, 1.807) is 29.4 Å². The Balaban J connectivity index is 2.64. The van der Waals surface area contributed by atoms with Crippen molar-refractivity contribution in [2.24, 2.45) is 0 Å². The van der Waals surface area contributed by atoms with Gasteiger partial charge in [-0.2, -0.15) is 0 Å². The van der Waals surface area contributed by atoms with E-state index in [0.29, 0.717) is 6.54 Å². The number of hydrogen-bond donors (Lipinski definition) is 1. The predicted octanol–water partition coefficient (Wildman–Crippen LogP) is 0.940. The van der Waals surface area contributed by atoms with Crippen LogP contribution in [0.4, 0.5) is 0 Å². The molecular formula is C12H17BN2O2. The molecule has 4 nitrogen and oxygen atoms in total. The molecule has 0 bridgehead atoms.